The Morgan fingerprint density at radius 1 is 1.00 bits per heavy atom. The van der Waals surface area contributed by atoms with Gasteiger partial charge >= 0.3 is 5.82 Å². The van der Waals surface area contributed by atoms with Crippen LogP contribution in [-0.2, 0) is 5.41 Å². The number of allylic oxidation sites excluding steroid dienone is 2. The largest absolute Gasteiger partial charge is 0.371 e. The van der Waals surface area contributed by atoms with E-state index >= 15 is 0 Å². The predicted molar refractivity (Wildman–Crippen MR) is 123 cm³/mol. The summed E-state index contributed by atoms with van der Waals surface area (Å²) in [6.45, 7) is 22.9. The van der Waals surface area contributed by atoms with Crippen molar-refractivity contribution in [1.29, 1.82) is 0 Å². The first-order valence-electron chi connectivity index (χ1n) is 11.0. The first-order chi connectivity index (χ1) is 13.8. The molecule has 0 spiro atoms. The summed E-state index contributed by atoms with van der Waals surface area (Å²) >= 11 is 0. The monoisotopic (exact) mass is 399 g/mol. The molecule has 2 aliphatic carbocycles. The van der Waals surface area contributed by atoms with Gasteiger partial charge in [0.15, 0.2) is 12.1 Å². The van der Waals surface area contributed by atoms with Gasteiger partial charge in [-0.15, -0.1) is 11.1 Å². The van der Waals surface area contributed by atoms with E-state index in [0.717, 1.165) is 23.6 Å². The molecular weight excluding hydrogens is 366 g/mol. The number of benzene rings is 1. The molecule has 1 aliphatic heterocycles. The van der Waals surface area contributed by atoms with Gasteiger partial charge in [0, 0.05) is 5.41 Å². The molecule has 0 amide bonds. The normalized spacial score (nSPS) is 21.4. The molecule has 0 bridgehead atoms. The van der Waals surface area contributed by atoms with Crippen molar-refractivity contribution in [2.75, 3.05) is 0 Å². The van der Waals surface area contributed by atoms with Crippen molar-refractivity contribution in [3.63, 3.8) is 0 Å². The van der Waals surface area contributed by atoms with E-state index in [4.69, 9.17) is 4.98 Å². The van der Waals surface area contributed by atoms with E-state index in [2.05, 4.69) is 102 Å². The van der Waals surface area contributed by atoms with Crippen LogP contribution in [0.3, 0.4) is 0 Å². The third-order valence-corrected chi connectivity index (χ3v) is 7.04. The second kappa shape index (κ2) is 5.57. The van der Waals surface area contributed by atoms with Crippen LogP contribution in [0.5, 0.6) is 0 Å². The summed E-state index contributed by atoms with van der Waals surface area (Å²) in [7, 11) is 0. The molecule has 1 aromatic carbocycles. The van der Waals surface area contributed by atoms with Gasteiger partial charge in [0.05, 0.1) is 12.2 Å². The smallest absolute Gasteiger partial charge is 0.239 e. The van der Waals surface area contributed by atoms with E-state index in [1.165, 1.54) is 34.2 Å². The lowest BCUT2D eigenvalue weighted by atomic mass is 9.80. The minimum absolute atomic E-state index is 0.0943. The summed E-state index contributed by atoms with van der Waals surface area (Å²) in [6.07, 6.45) is 5.99. The van der Waals surface area contributed by atoms with E-state index in [1.807, 2.05) is 0 Å². The third-order valence-electron chi connectivity index (χ3n) is 7.04. The van der Waals surface area contributed by atoms with Crippen molar-refractivity contribution < 1.29 is 9.14 Å². The maximum absolute atomic E-state index is 5.18. The van der Waals surface area contributed by atoms with Crippen LogP contribution in [0.1, 0.15) is 66.3 Å². The quantitative estimate of drug-likeness (QED) is 0.410. The standard InChI is InChI=1S/C27H33N3/c1-16-11-10-12-19-22(16)23-29(9)20-13-17-18(27(7,8)15-26(17,5)6)14-21(20)30(23)24(28-19)25(2,3)4/h10-14H,9,15H2,1-8H3. The highest BCUT2D eigenvalue weighted by Crippen LogP contribution is 2.59. The number of rotatable bonds is 0. The van der Waals surface area contributed by atoms with Gasteiger partial charge in [-0.2, -0.15) is 0 Å². The Hall–Kier alpha value is -2.55. The predicted octanol–water partition coefficient (Wildman–Crippen LogP) is 5.72. The van der Waals surface area contributed by atoms with E-state index in [0.29, 0.717) is 0 Å². The van der Waals surface area contributed by atoms with Crippen molar-refractivity contribution in [3.8, 4) is 0 Å². The highest BCUT2D eigenvalue weighted by molar-refractivity contribution is 5.88. The molecule has 1 aromatic heterocycles. The molecule has 0 saturated heterocycles. The van der Waals surface area contributed by atoms with E-state index in [-0.39, 0.29) is 16.2 Å². The second-order valence-corrected chi connectivity index (χ2v) is 11.6. The number of hydrogen-bond donors (Lipinski definition) is 0. The molecule has 2 aromatic rings. The summed E-state index contributed by atoms with van der Waals surface area (Å²) in [5.41, 5.74) is 5.43. The Balaban J connectivity index is 1.86. The van der Waals surface area contributed by atoms with Crippen LogP contribution in [0.2, 0.25) is 0 Å². The summed E-state index contributed by atoms with van der Waals surface area (Å²) < 4.78 is 4.52. The maximum atomic E-state index is 5.18. The molecule has 1 fully saturated rings. The molecule has 2 heterocycles. The van der Waals surface area contributed by atoms with Crippen molar-refractivity contribution in [1.82, 2.24) is 4.98 Å². The molecular formula is C27H33N3. The Labute approximate surface area is 180 Å². The molecule has 0 atom stereocenters. The first-order valence-corrected chi connectivity index (χ1v) is 11.0. The summed E-state index contributed by atoms with van der Waals surface area (Å²) in [6, 6.07) is 8.80. The Kier molecular flexibility index (Phi) is 3.61. The minimum Gasteiger partial charge on any atom is -0.239 e. The van der Waals surface area contributed by atoms with Gasteiger partial charge < -0.3 is 0 Å². The van der Waals surface area contributed by atoms with Crippen molar-refractivity contribution in [2.45, 2.75) is 67.2 Å². The van der Waals surface area contributed by atoms with Crippen molar-refractivity contribution in [3.05, 3.63) is 65.0 Å². The molecule has 0 radical (unpaired) electrons. The van der Waals surface area contributed by atoms with Crippen LogP contribution in [0, 0.1) is 29.8 Å². The molecule has 30 heavy (non-hydrogen) atoms. The summed E-state index contributed by atoms with van der Waals surface area (Å²) in [4.78, 5) is 5.18. The molecule has 3 heteroatoms. The molecule has 5 rings (SSSR count). The number of aromatic nitrogens is 2. The lowest BCUT2D eigenvalue weighted by molar-refractivity contribution is -0.661. The number of aryl methyl sites for hydroxylation is 1. The van der Waals surface area contributed by atoms with Crippen LogP contribution < -0.4 is 4.57 Å². The minimum atomic E-state index is -0.0943. The van der Waals surface area contributed by atoms with Gasteiger partial charge in [0.1, 0.15) is 5.39 Å². The highest BCUT2D eigenvalue weighted by atomic mass is 15.3. The van der Waals surface area contributed by atoms with Gasteiger partial charge in [0.2, 0.25) is 5.82 Å². The maximum Gasteiger partial charge on any atom is 0.371 e. The topological polar surface area (TPSA) is 19.8 Å². The Bertz CT molecular complexity index is 1180. The van der Waals surface area contributed by atoms with Gasteiger partial charge in [0.25, 0.3) is 0 Å². The molecule has 0 N–H and O–H groups in total. The number of fused-ring (bicyclic) bond motifs is 6. The fraction of sp³-hybridized carbons (Fsp3) is 0.444. The van der Waals surface area contributed by atoms with Crippen molar-refractivity contribution >= 4 is 23.4 Å². The lowest BCUT2D eigenvalue weighted by Crippen LogP contribution is -2.47. The van der Waals surface area contributed by atoms with E-state index in [1.54, 1.807) is 0 Å². The van der Waals surface area contributed by atoms with Crippen molar-refractivity contribution in [2.24, 2.45) is 10.8 Å². The fourth-order valence-corrected chi connectivity index (χ4v) is 5.90. The van der Waals surface area contributed by atoms with Gasteiger partial charge in [-0.3, -0.25) is 0 Å². The average molecular weight is 400 g/mol. The molecule has 3 nitrogen and oxygen atoms in total. The van der Waals surface area contributed by atoms with Gasteiger partial charge in [-0.1, -0.05) is 90.0 Å². The molecule has 3 aliphatic rings. The van der Waals surface area contributed by atoms with Crippen LogP contribution in [-0.4, -0.2) is 16.3 Å². The van der Waals surface area contributed by atoms with Gasteiger partial charge in [-0.25, -0.2) is 14.1 Å². The molecule has 156 valence electrons. The number of nitrogens with zero attached hydrogens (tertiary/aromatic N) is 3. The first kappa shape index (κ1) is 19.4. The zero-order valence-electron chi connectivity index (χ0n) is 19.6. The molecule has 1 saturated carbocycles. The van der Waals surface area contributed by atoms with Crippen LogP contribution >= 0.6 is 0 Å². The second-order valence-electron chi connectivity index (χ2n) is 11.6. The fourth-order valence-electron chi connectivity index (χ4n) is 5.90. The van der Waals surface area contributed by atoms with E-state index < -0.39 is 0 Å². The van der Waals surface area contributed by atoms with Crippen LogP contribution in [0.25, 0.3) is 10.9 Å². The lowest BCUT2D eigenvalue weighted by Gasteiger charge is -2.32. The summed E-state index contributed by atoms with van der Waals surface area (Å²) in [5.74, 6) is 2.22. The van der Waals surface area contributed by atoms with Crippen LogP contribution in [0.15, 0.2) is 41.5 Å². The average Bonchev–Trinajstić information content (AvgIpc) is 3.00. The van der Waals surface area contributed by atoms with Gasteiger partial charge in [-0.05, 0) is 18.6 Å². The van der Waals surface area contributed by atoms with Crippen LogP contribution in [0.4, 0.5) is 5.82 Å². The zero-order valence-corrected chi connectivity index (χ0v) is 19.6. The number of hydrogen-bond acceptors (Lipinski definition) is 1. The third kappa shape index (κ3) is 2.41. The highest BCUT2D eigenvalue weighted by Gasteiger charge is 2.51. The Morgan fingerprint density at radius 2 is 1.60 bits per heavy atom. The zero-order chi connectivity index (χ0) is 21.8. The Morgan fingerprint density at radius 3 is 2.20 bits per heavy atom. The molecule has 0 unspecified atom stereocenters. The van der Waals surface area contributed by atoms with E-state index in [9.17, 15) is 0 Å². The SMILES string of the molecule is C=[N+]1c2c3c(C)cccc3nc(C(C)(C)C)[n+]2[C-]2C=C3C(=C[C-]21)C(C)(C)CC3(C)C. The summed E-state index contributed by atoms with van der Waals surface area (Å²) in [5, 5.41) is 1.19.